The highest BCUT2D eigenvalue weighted by Gasteiger charge is 2.33. The number of rotatable bonds is 2. The Morgan fingerprint density at radius 2 is 1.87 bits per heavy atom. The molecule has 1 aromatic rings. The van der Waals surface area contributed by atoms with Gasteiger partial charge in [-0.05, 0) is 38.8 Å². The Labute approximate surface area is 178 Å². The molecule has 1 N–H and O–H groups in total. The number of fused-ring (bicyclic) bond motifs is 1. The summed E-state index contributed by atoms with van der Waals surface area (Å²) in [6.07, 6.45) is 5.60. The fourth-order valence-corrected chi connectivity index (χ4v) is 4.85. The molecule has 1 aromatic heterocycles. The van der Waals surface area contributed by atoms with Gasteiger partial charge in [0.1, 0.15) is 18.0 Å². The zero-order valence-electron chi connectivity index (χ0n) is 18.1. The van der Waals surface area contributed by atoms with E-state index in [4.69, 9.17) is 0 Å². The number of likely N-dealkylation sites (N-methyl/N-ethyl adjacent to an activating group) is 1. The van der Waals surface area contributed by atoms with Crippen molar-refractivity contribution in [2.24, 2.45) is 0 Å². The molecule has 3 aliphatic rings. The van der Waals surface area contributed by atoms with Crippen molar-refractivity contribution in [3.05, 3.63) is 11.9 Å². The number of nitrogens with zero attached hydrogens (tertiary/aromatic N) is 6. The number of carbonyl (C=O) groups excluding carboxylic acids is 2. The predicted octanol–water partition coefficient (Wildman–Crippen LogP) is 0.456. The SMILES string of the molecule is CC(=O)N1CCCN(c2ncnc3c2CN(C2CCCNCC2)C(=O)CN3C)CC1. The van der Waals surface area contributed by atoms with Crippen molar-refractivity contribution in [3.63, 3.8) is 0 Å². The molecular weight excluding hydrogens is 382 g/mol. The summed E-state index contributed by atoms with van der Waals surface area (Å²) >= 11 is 0. The number of aromatic nitrogens is 2. The summed E-state index contributed by atoms with van der Waals surface area (Å²) in [7, 11) is 1.94. The van der Waals surface area contributed by atoms with Crippen LogP contribution in [0.2, 0.25) is 0 Å². The van der Waals surface area contributed by atoms with Crippen LogP contribution in [0.15, 0.2) is 6.33 Å². The molecule has 2 amide bonds. The van der Waals surface area contributed by atoms with Crippen molar-refractivity contribution >= 4 is 23.5 Å². The maximum absolute atomic E-state index is 13.1. The average Bonchev–Trinajstić information content (AvgIpc) is 3.18. The minimum absolute atomic E-state index is 0.122. The smallest absolute Gasteiger partial charge is 0.242 e. The van der Waals surface area contributed by atoms with Crippen LogP contribution in [0.25, 0.3) is 0 Å². The van der Waals surface area contributed by atoms with Crippen LogP contribution in [0.1, 0.15) is 38.2 Å². The van der Waals surface area contributed by atoms with E-state index >= 15 is 0 Å². The number of carbonyl (C=O) groups is 2. The fourth-order valence-electron chi connectivity index (χ4n) is 4.85. The molecule has 1 atom stereocenters. The van der Waals surface area contributed by atoms with Gasteiger partial charge in [0.05, 0.1) is 18.7 Å². The molecule has 164 valence electrons. The second-order valence-corrected chi connectivity index (χ2v) is 8.56. The van der Waals surface area contributed by atoms with Crippen LogP contribution in [-0.4, -0.2) is 90.5 Å². The first-order valence-electron chi connectivity index (χ1n) is 11.1. The van der Waals surface area contributed by atoms with Crippen molar-refractivity contribution in [1.29, 1.82) is 0 Å². The lowest BCUT2D eigenvalue weighted by molar-refractivity contribution is -0.132. The molecule has 0 aliphatic carbocycles. The van der Waals surface area contributed by atoms with E-state index in [0.29, 0.717) is 19.6 Å². The highest BCUT2D eigenvalue weighted by atomic mass is 16.2. The van der Waals surface area contributed by atoms with Gasteiger partial charge >= 0.3 is 0 Å². The molecule has 9 nitrogen and oxygen atoms in total. The summed E-state index contributed by atoms with van der Waals surface area (Å²) < 4.78 is 0. The first kappa shape index (κ1) is 20.8. The summed E-state index contributed by atoms with van der Waals surface area (Å²) in [5.41, 5.74) is 1.03. The molecule has 4 heterocycles. The summed E-state index contributed by atoms with van der Waals surface area (Å²) in [4.78, 5) is 42.3. The van der Waals surface area contributed by atoms with Crippen LogP contribution in [0.3, 0.4) is 0 Å². The van der Waals surface area contributed by atoms with E-state index in [9.17, 15) is 9.59 Å². The van der Waals surface area contributed by atoms with Gasteiger partial charge in [0.25, 0.3) is 0 Å². The zero-order chi connectivity index (χ0) is 21.1. The van der Waals surface area contributed by atoms with Gasteiger partial charge in [0.2, 0.25) is 11.8 Å². The third kappa shape index (κ3) is 4.35. The Bertz CT molecular complexity index is 779. The molecule has 2 fully saturated rings. The Hall–Kier alpha value is -2.42. The topological polar surface area (TPSA) is 84.9 Å². The maximum Gasteiger partial charge on any atom is 0.242 e. The van der Waals surface area contributed by atoms with E-state index < -0.39 is 0 Å². The quantitative estimate of drug-likeness (QED) is 0.751. The molecule has 0 spiro atoms. The Morgan fingerprint density at radius 1 is 1.03 bits per heavy atom. The minimum Gasteiger partial charge on any atom is -0.354 e. The second-order valence-electron chi connectivity index (χ2n) is 8.56. The van der Waals surface area contributed by atoms with Gasteiger partial charge in [-0.2, -0.15) is 0 Å². The highest BCUT2D eigenvalue weighted by Crippen LogP contribution is 2.32. The summed E-state index contributed by atoms with van der Waals surface area (Å²) in [5.74, 6) is 2.03. The monoisotopic (exact) mass is 415 g/mol. The summed E-state index contributed by atoms with van der Waals surface area (Å²) in [5, 5.41) is 3.44. The van der Waals surface area contributed by atoms with Crippen molar-refractivity contribution in [2.75, 3.05) is 62.7 Å². The molecule has 30 heavy (non-hydrogen) atoms. The van der Waals surface area contributed by atoms with Crippen molar-refractivity contribution < 1.29 is 9.59 Å². The lowest BCUT2D eigenvalue weighted by atomic mass is 10.1. The number of amides is 2. The van der Waals surface area contributed by atoms with E-state index in [1.807, 2.05) is 16.8 Å². The van der Waals surface area contributed by atoms with Gasteiger partial charge in [-0.1, -0.05) is 0 Å². The van der Waals surface area contributed by atoms with Crippen molar-refractivity contribution in [3.8, 4) is 0 Å². The standard InChI is InChI=1S/C21H33N7O2/c1-16(29)26-9-4-10-27(12-11-26)21-18-13-28(17-5-3-7-22-8-6-17)19(30)14-25(2)20(18)23-15-24-21/h15,17,22H,3-14H2,1-2H3. The van der Waals surface area contributed by atoms with Crippen molar-refractivity contribution in [2.45, 2.75) is 45.2 Å². The predicted molar refractivity (Wildman–Crippen MR) is 115 cm³/mol. The van der Waals surface area contributed by atoms with E-state index in [2.05, 4.69) is 25.1 Å². The molecular formula is C21H33N7O2. The molecule has 2 saturated heterocycles. The minimum atomic E-state index is 0.122. The second kappa shape index (κ2) is 9.16. The lowest BCUT2D eigenvalue weighted by Gasteiger charge is -2.31. The van der Waals surface area contributed by atoms with Gasteiger partial charge in [-0.3, -0.25) is 9.59 Å². The van der Waals surface area contributed by atoms with Gasteiger partial charge in [-0.25, -0.2) is 9.97 Å². The molecule has 0 saturated carbocycles. The fraction of sp³-hybridized carbons (Fsp3) is 0.714. The zero-order valence-corrected chi connectivity index (χ0v) is 18.1. The molecule has 9 heteroatoms. The average molecular weight is 416 g/mol. The molecule has 1 unspecified atom stereocenters. The van der Waals surface area contributed by atoms with E-state index in [0.717, 1.165) is 75.6 Å². The third-order valence-electron chi connectivity index (χ3n) is 6.51. The van der Waals surface area contributed by atoms with Crippen LogP contribution < -0.4 is 15.1 Å². The number of hydrogen-bond donors (Lipinski definition) is 1. The normalized spacial score (nSPS) is 23.5. The van der Waals surface area contributed by atoms with E-state index in [1.54, 1.807) is 13.3 Å². The van der Waals surface area contributed by atoms with Gasteiger partial charge < -0.3 is 24.9 Å². The largest absolute Gasteiger partial charge is 0.354 e. The van der Waals surface area contributed by atoms with E-state index in [-0.39, 0.29) is 17.9 Å². The van der Waals surface area contributed by atoms with Crippen LogP contribution >= 0.6 is 0 Å². The van der Waals surface area contributed by atoms with Gasteiger partial charge in [-0.15, -0.1) is 0 Å². The third-order valence-corrected chi connectivity index (χ3v) is 6.51. The van der Waals surface area contributed by atoms with Crippen molar-refractivity contribution in [1.82, 2.24) is 25.1 Å². The van der Waals surface area contributed by atoms with Gasteiger partial charge in [0, 0.05) is 46.2 Å². The lowest BCUT2D eigenvalue weighted by Crippen LogP contribution is -2.43. The number of anilines is 2. The highest BCUT2D eigenvalue weighted by molar-refractivity contribution is 5.84. The first-order chi connectivity index (χ1) is 14.5. The Kier molecular flexibility index (Phi) is 6.36. The van der Waals surface area contributed by atoms with Crippen LogP contribution in [0, 0.1) is 0 Å². The summed E-state index contributed by atoms with van der Waals surface area (Å²) in [6.45, 7) is 7.54. The number of hydrogen-bond acceptors (Lipinski definition) is 7. The molecule has 0 radical (unpaired) electrons. The molecule has 4 rings (SSSR count). The van der Waals surface area contributed by atoms with Crippen LogP contribution in [-0.2, 0) is 16.1 Å². The van der Waals surface area contributed by atoms with E-state index in [1.165, 1.54) is 0 Å². The van der Waals surface area contributed by atoms with Gasteiger partial charge in [0.15, 0.2) is 0 Å². The number of nitrogens with one attached hydrogen (secondary N) is 1. The molecule has 3 aliphatic heterocycles. The molecule has 0 aromatic carbocycles. The molecule has 0 bridgehead atoms. The van der Waals surface area contributed by atoms with Crippen LogP contribution in [0.4, 0.5) is 11.6 Å². The first-order valence-corrected chi connectivity index (χ1v) is 11.1. The summed E-state index contributed by atoms with van der Waals surface area (Å²) in [6, 6.07) is 0.247. The Balaban J connectivity index is 1.63. The van der Waals surface area contributed by atoms with Crippen LogP contribution in [0.5, 0.6) is 0 Å². The maximum atomic E-state index is 13.1. The Morgan fingerprint density at radius 3 is 2.70 bits per heavy atom.